The van der Waals surface area contributed by atoms with Crippen molar-refractivity contribution in [2.75, 3.05) is 6.26 Å². The number of ether oxygens (including phenoxy) is 2. The van der Waals surface area contributed by atoms with E-state index in [9.17, 15) is 13.5 Å². The van der Waals surface area contributed by atoms with Crippen molar-refractivity contribution in [1.29, 1.82) is 0 Å². The molecular formula is C14H20O6S. The van der Waals surface area contributed by atoms with Gasteiger partial charge in [-0.25, -0.2) is 0 Å². The second kappa shape index (κ2) is 6.85. The lowest BCUT2D eigenvalue weighted by Crippen LogP contribution is -2.50. The molecule has 4 atom stereocenters. The third kappa shape index (κ3) is 5.05. The van der Waals surface area contributed by atoms with E-state index in [-0.39, 0.29) is 6.10 Å². The van der Waals surface area contributed by atoms with Crippen LogP contribution in [-0.2, 0) is 30.4 Å². The average molecular weight is 316 g/mol. The molecule has 0 spiro atoms. The van der Waals surface area contributed by atoms with Crippen LogP contribution in [0.1, 0.15) is 18.9 Å². The summed E-state index contributed by atoms with van der Waals surface area (Å²) in [5.41, 5.74) is 0.962. The van der Waals surface area contributed by atoms with Gasteiger partial charge in [0.1, 0.15) is 0 Å². The summed E-state index contributed by atoms with van der Waals surface area (Å²) in [4.78, 5) is 0. The van der Waals surface area contributed by atoms with E-state index in [1.54, 1.807) is 6.92 Å². The molecule has 1 saturated heterocycles. The molecule has 1 fully saturated rings. The van der Waals surface area contributed by atoms with Crippen LogP contribution in [0.25, 0.3) is 0 Å². The van der Waals surface area contributed by atoms with Crippen LogP contribution in [-0.4, -0.2) is 44.4 Å². The molecule has 0 amide bonds. The number of aliphatic hydroxyl groups excluding tert-OH is 1. The summed E-state index contributed by atoms with van der Waals surface area (Å²) in [6.07, 6.45) is -1.79. The molecule has 2 rings (SSSR count). The molecule has 0 radical (unpaired) electrons. The second-order valence-electron chi connectivity index (χ2n) is 5.17. The van der Waals surface area contributed by atoms with Crippen molar-refractivity contribution in [3.63, 3.8) is 0 Å². The van der Waals surface area contributed by atoms with Crippen LogP contribution in [0.3, 0.4) is 0 Å². The number of aliphatic hydroxyl groups is 1. The Morgan fingerprint density at radius 1 is 1.33 bits per heavy atom. The van der Waals surface area contributed by atoms with Crippen molar-refractivity contribution < 1.29 is 27.2 Å². The number of hydrogen-bond acceptors (Lipinski definition) is 6. The third-order valence-electron chi connectivity index (χ3n) is 3.18. The summed E-state index contributed by atoms with van der Waals surface area (Å²) in [7, 11) is -3.71. The van der Waals surface area contributed by atoms with Crippen molar-refractivity contribution in [3.8, 4) is 0 Å². The smallest absolute Gasteiger partial charge is 0.264 e. The molecule has 1 aliphatic rings. The maximum atomic E-state index is 11.3. The van der Waals surface area contributed by atoms with Crippen LogP contribution in [0.2, 0.25) is 0 Å². The maximum Gasteiger partial charge on any atom is 0.264 e. The van der Waals surface area contributed by atoms with E-state index in [0.717, 1.165) is 11.8 Å². The van der Waals surface area contributed by atoms with Crippen LogP contribution in [0.5, 0.6) is 0 Å². The lowest BCUT2D eigenvalue weighted by molar-refractivity contribution is -0.244. The van der Waals surface area contributed by atoms with Gasteiger partial charge in [-0.1, -0.05) is 30.3 Å². The average Bonchev–Trinajstić information content (AvgIpc) is 2.40. The highest BCUT2D eigenvalue weighted by Crippen LogP contribution is 2.25. The van der Waals surface area contributed by atoms with Crippen molar-refractivity contribution in [1.82, 2.24) is 0 Å². The molecule has 0 bridgehead atoms. The monoisotopic (exact) mass is 316 g/mol. The first-order chi connectivity index (χ1) is 9.85. The highest BCUT2D eigenvalue weighted by atomic mass is 32.2. The molecule has 21 heavy (non-hydrogen) atoms. The molecule has 1 heterocycles. The Bertz CT molecular complexity index is 544. The van der Waals surface area contributed by atoms with Gasteiger partial charge in [-0.3, -0.25) is 4.18 Å². The van der Waals surface area contributed by atoms with Crippen LogP contribution in [0, 0.1) is 0 Å². The first-order valence-electron chi connectivity index (χ1n) is 6.72. The van der Waals surface area contributed by atoms with Crippen LogP contribution >= 0.6 is 0 Å². The molecule has 118 valence electrons. The highest BCUT2D eigenvalue weighted by Gasteiger charge is 2.40. The zero-order valence-electron chi connectivity index (χ0n) is 12.0. The minimum absolute atomic E-state index is 0.236. The van der Waals surface area contributed by atoms with Gasteiger partial charge in [-0.2, -0.15) is 8.42 Å². The van der Waals surface area contributed by atoms with E-state index in [1.807, 2.05) is 30.3 Å². The van der Waals surface area contributed by atoms with E-state index in [0.29, 0.717) is 13.0 Å². The minimum Gasteiger partial charge on any atom is -0.370 e. The van der Waals surface area contributed by atoms with E-state index < -0.39 is 28.6 Å². The van der Waals surface area contributed by atoms with Gasteiger partial charge in [0.2, 0.25) is 0 Å². The zero-order chi connectivity index (χ0) is 15.5. The third-order valence-corrected chi connectivity index (χ3v) is 3.75. The Morgan fingerprint density at radius 2 is 2.00 bits per heavy atom. The number of benzene rings is 1. The van der Waals surface area contributed by atoms with E-state index in [1.165, 1.54) is 0 Å². The van der Waals surface area contributed by atoms with Gasteiger partial charge in [-0.15, -0.1) is 0 Å². The van der Waals surface area contributed by atoms with Gasteiger partial charge in [0, 0.05) is 6.42 Å². The van der Waals surface area contributed by atoms with Crippen LogP contribution < -0.4 is 0 Å². The summed E-state index contributed by atoms with van der Waals surface area (Å²) in [5, 5.41) is 9.88. The maximum absolute atomic E-state index is 11.3. The van der Waals surface area contributed by atoms with Gasteiger partial charge in [0.05, 0.1) is 25.1 Å². The quantitative estimate of drug-likeness (QED) is 0.818. The number of hydrogen-bond donors (Lipinski definition) is 1. The predicted molar refractivity (Wildman–Crippen MR) is 75.9 cm³/mol. The summed E-state index contributed by atoms with van der Waals surface area (Å²) in [6.45, 7) is 2.10. The van der Waals surface area contributed by atoms with Crippen molar-refractivity contribution in [3.05, 3.63) is 35.9 Å². The van der Waals surface area contributed by atoms with Crippen molar-refractivity contribution in [2.24, 2.45) is 0 Å². The molecule has 1 aromatic carbocycles. The fourth-order valence-corrected chi connectivity index (χ4v) is 2.89. The fourth-order valence-electron chi connectivity index (χ4n) is 2.27. The van der Waals surface area contributed by atoms with Crippen LogP contribution in [0.4, 0.5) is 0 Å². The Morgan fingerprint density at radius 3 is 2.62 bits per heavy atom. The topological polar surface area (TPSA) is 82.1 Å². The SMILES string of the molecule is C[C@@H]1C[C@H](OCc2ccccc2)[C@@H](OS(C)(=O)=O)[C@H](O)O1. The van der Waals surface area contributed by atoms with Crippen molar-refractivity contribution in [2.45, 2.75) is 44.6 Å². The molecule has 1 aliphatic heterocycles. The molecule has 0 unspecified atom stereocenters. The molecular weight excluding hydrogens is 296 g/mol. The summed E-state index contributed by atoms with van der Waals surface area (Å²) >= 11 is 0. The molecule has 7 heteroatoms. The lowest BCUT2D eigenvalue weighted by atomic mass is 10.0. The van der Waals surface area contributed by atoms with Gasteiger partial charge in [0.25, 0.3) is 10.1 Å². The van der Waals surface area contributed by atoms with Gasteiger partial charge >= 0.3 is 0 Å². The zero-order valence-corrected chi connectivity index (χ0v) is 12.8. The minimum atomic E-state index is -3.71. The second-order valence-corrected chi connectivity index (χ2v) is 6.77. The molecule has 0 aliphatic carbocycles. The predicted octanol–water partition coefficient (Wildman–Crippen LogP) is 1.04. The first kappa shape index (κ1) is 16.4. The van der Waals surface area contributed by atoms with Crippen LogP contribution in [0.15, 0.2) is 30.3 Å². The van der Waals surface area contributed by atoms with Crippen molar-refractivity contribution >= 4 is 10.1 Å². The van der Waals surface area contributed by atoms with Gasteiger partial charge in [-0.05, 0) is 12.5 Å². The molecule has 0 aromatic heterocycles. The Balaban J connectivity index is 2.05. The van der Waals surface area contributed by atoms with Gasteiger partial charge in [0.15, 0.2) is 12.4 Å². The highest BCUT2D eigenvalue weighted by molar-refractivity contribution is 7.86. The molecule has 1 N–H and O–H groups in total. The standard InChI is InChI=1S/C14H20O6S/c1-10-8-12(18-9-11-6-4-3-5-7-11)13(14(15)19-10)20-21(2,16)17/h3-7,10,12-15H,8-9H2,1-2H3/t10-,12+,13-,14-/m1/s1. The molecule has 0 saturated carbocycles. The summed E-state index contributed by atoms with van der Waals surface area (Å²) < 4.78 is 38.5. The number of rotatable bonds is 5. The lowest BCUT2D eigenvalue weighted by Gasteiger charge is -2.37. The normalized spacial score (nSPS) is 30.2. The largest absolute Gasteiger partial charge is 0.370 e. The Hall–Kier alpha value is -0.990. The molecule has 1 aromatic rings. The van der Waals surface area contributed by atoms with E-state index in [2.05, 4.69) is 0 Å². The summed E-state index contributed by atoms with van der Waals surface area (Å²) in [6, 6.07) is 9.51. The van der Waals surface area contributed by atoms with E-state index >= 15 is 0 Å². The Kier molecular flexibility index (Phi) is 5.34. The fraction of sp³-hybridized carbons (Fsp3) is 0.571. The summed E-state index contributed by atoms with van der Waals surface area (Å²) in [5.74, 6) is 0. The first-order valence-corrected chi connectivity index (χ1v) is 8.54. The van der Waals surface area contributed by atoms with E-state index in [4.69, 9.17) is 13.7 Å². The van der Waals surface area contributed by atoms with Gasteiger partial charge < -0.3 is 14.6 Å². The Labute approximate surface area is 124 Å². The molecule has 6 nitrogen and oxygen atoms in total.